The van der Waals surface area contributed by atoms with Crippen LogP contribution in [0.25, 0.3) is 0 Å². The highest BCUT2D eigenvalue weighted by molar-refractivity contribution is 7.98. The molecule has 4 nitrogen and oxygen atoms in total. The normalized spacial score (nSPS) is 22.9. The van der Waals surface area contributed by atoms with Crippen LogP contribution < -0.4 is 0 Å². The third kappa shape index (κ3) is 4.50. The topological polar surface area (TPSA) is 40.6 Å². The maximum Gasteiger partial charge on any atom is 0.230 e. The van der Waals surface area contributed by atoms with Crippen molar-refractivity contribution in [3.05, 3.63) is 35.4 Å². The van der Waals surface area contributed by atoms with Gasteiger partial charge in [0.2, 0.25) is 11.8 Å². The van der Waals surface area contributed by atoms with Crippen molar-refractivity contribution in [2.24, 2.45) is 5.41 Å². The Morgan fingerprint density at radius 3 is 2.59 bits per heavy atom. The molecule has 1 spiro atoms. The highest BCUT2D eigenvalue weighted by Crippen LogP contribution is 2.40. The smallest absolute Gasteiger partial charge is 0.230 e. The third-order valence-corrected chi connectivity index (χ3v) is 6.68. The summed E-state index contributed by atoms with van der Waals surface area (Å²) in [6, 6.07) is 8.64. The average Bonchev–Trinajstić information content (AvgIpc) is 3.09. The quantitative estimate of drug-likeness (QED) is 0.742. The van der Waals surface area contributed by atoms with Gasteiger partial charge in [0.1, 0.15) is 0 Å². The molecule has 27 heavy (non-hydrogen) atoms. The predicted molar refractivity (Wildman–Crippen MR) is 112 cm³/mol. The number of thioether (sulfide) groups is 1. The number of rotatable bonds is 6. The Kier molecular flexibility index (Phi) is 6.51. The van der Waals surface area contributed by atoms with E-state index in [1.54, 1.807) is 11.8 Å². The fourth-order valence-corrected chi connectivity index (χ4v) is 4.72. The maximum absolute atomic E-state index is 13.3. The molecule has 0 saturated carbocycles. The van der Waals surface area contributed by atoms with Crippen molar-refractivity contribution in [3.8, 4) is 0 Å². The van der Waals surface area contributed by atoms with E-state index >= 15 is 0 Å². The van der Waals surface area contributed by atoms with Gasteiger partial charge in [0, 0.05) is 38.4 Å². The summed E-state index contributed by atoms with van der Waals surface area (Å²) in [6.45, 7) is 7.24. The molecule has 0 aliphatic carbocycles. The lowest BCUT2D eigenvalue weighted by molar-refractivity contribution is -0.146. The van der Waals surface area contributed by atoms with Crippen molar-refractivity contribution < 1.29 is 9.59 Å². The molecule has 1 aromatic rings. The minimum Gasteiger partial charge on any atom is -0.342 e. The summed E-state index contributed by atoms with van der Waals surface area (Å²) < 4.78 is 0. The van der Waals surface area contributed by atoms with Crippen LogP contribution in [-0.2, 0) is 16.1 Å². The summed E-state index contributed by atoms with van der Waals surface area (Å²) in [5, 5.41) is 0. The van der Waals surface area contributed by atoms with Gasteiger partial charge in [-0.05, 0) is 42.6 Å². The first-order valence-electron chi connectivity index (χ1n) is 10.1. The highest BCUT2D eigenvalue weighted by Gasteiger charge is 2.49. The van der Waals surface area contributed by atoms with Gasteiger partial charge in [0.25, 0.3) is 0 Å². The molecular weight excluding hydrogens is 356 g/mol. The summed E-state index contributed by atoms with van der Waals surface area (Å²) in [5.74, 6) is 1.83. The SMILES string of the molecule is CSCCC(=O)N1CC[C@@]2(CCCN(Cc3ccc(C(C)C)cc3)C2=O)C1. The molecular formula is C22H32N2O2S. The largest absolute Gasteiger partial charge is 0.342 e. The summed E-state index contributed by atoms with van der Waals surface area (Å²) in [6.07, 6.45) is 5.37. The summed E-state index contributed by atoms with van der Waals surface area (Å²) >= 11 is 1.70. The molecule has 148 valence electrons. The van der Waals surface area contributed by atoms with E-state index in [2.05, 4.69) is 38.1 Å². The van der Waals surface area contributed by atoms with Crippen LogP contribution in [0.1, 0.15) is 56.6 Å². The standard InChI is InChI=1S/C22H32N2O2S/c1-17(2)19-7-5-18(6-8-19)15-23-12-4-10-22(21(23)26)11-13-24(16-22)20(25)9-14-27-3/h5-8,17H,4,9-16H2,1-3H3/t22-/m0/s1. The molecule has 2 amide bonds. The molecule has 2 heterocycles. The summed E-state index contributed by atoms with van der Waals surface area (Å²) in [5.41, 5.74) is 2.18. The number of piperidine rings is 1. The van der Waals surface area contributed by atoms with Crippen LogP contribution in [0.2, 0.25) is 0 Å². The Labute approximate surface area is 167 Å². The van der Waals surface area contributed by atoms with Gasteiger partial charge < -0.3 is 9.80 Å². The van der Waals surface area contributed by atoms with Crippen molar-refractivity contribution in [1.82, 2.24) is 9.80 Å². The first-order valence-corrected chi connectivity index (χ1v) is 11.5. The molecule has 5 heteroatoms. The lowest BCUT2D eigenvalue weighted by Gasteiger charge is -2.39. The Balaban J connectivity index is 1.64. The van der Waals surface area contributed by atoms with Crippen LogP contribution in [0.3, 0.4) is 0 Å². The van der Waals surface area contributed by atoms with Gasteiger partial charge in [-0.25, -0.2) is 0 Å². The zero-order valence-electron chi connectivity index (χ0n) is 16.9. The van der Waals surface area contributed by atoms with E-state index in [1.807, 2.05) is 16.1 Å². The number of hydrogen-bond acceptors (Lipinski definition) is 3. The number of carbonyl (C=O) groups excluding carboxylic acids is 2. The van der Waals surface area contributed by atoms with Gasteiger partial charge in [-0.15, -0.1) is 0 Å². The molecule has 1 atom stereocenters. The van der Waals surface area contributed by atoms with Gasteiger partial charge in [-0.3, -0.25) is 9.59 Å². The lowest BCUT2D eigenvalue weighted by atomic mass is 9.78. The fourth-order valence-electron chi connectivity index (χ4n) is 4.34. The summed E-state index contributed by atoms with van der Waals surface area (Å²) in [4.78, 5) is 29.6. The second-order valence-electron chi connectivity index (χ2n) is 8.31. The first kappa shape index (κ1) is 20.2. The zero-order valence-corrected chi connectivity index (χ0v) is 17.7. The van der Waals surface area contributed by atoms with Gasteiger partial charge >= 0.3 is 0 Å². The van der Waals surface area contributed by atoms with Crippen LogP contribution in [0.5, 0.6) is 0 Å². The second-order valence-corrected chi connectivity index (χ2v) is 9.30. The van der Waals surface area contributed by atoms with Gasteiger partial charge in [0.05, 0.1) is 5.41 Å². The Hall–Kier alpha value is -1.49. The molecule has 2 fully saturated rings. The van der Waals surface area contributed by atoms with Crippen LogP contribution in [0, 0.1) is 5.41 Å². The third-order valence-electron chi connectivity index (χ3n) is 6.07. The number of benzene rings is 1. The van der Waals surface area contributed by atoms with E-state index in [0.717, 1.165) is 38.1 Å². The first-order chi connectivity index (χ1) is 12.9. The second kappa shape index (κ2) is 8.68. The Morgan fingerprint density at radius 2 is 1.93 bits per heavy atom. The number of likely N-dealkylation sites (tertiary alicyclic amines) is 2. The number of carbonyl (C=O) groups is 2. The van der Waals surface area contributed by atoms with E-state index in [9.17, 15) is 9.59 Å². The van der Waals surface area contributed by atoms with E-state index in [0.29, 0.717) is 25.4 Å². The van der Waals surface area contributed by atoms with Crippen molar-refractivity contribution >= 4 is 23.6 Å². The molecule has 1 aromatic carbocycles. The van der Waals surface area contributed by atoms with Gasteiger partial charge in [-0.1, -0.05) is 38.1 Å². The molecule has 0 radical (unpaired) electrons. The average molecular weight is 389 g/mol. The maximum atomic E-state index is 13.3. The molecule has 0 N–H and O–H groups in total. The predicted octanol–water partition coefficient (Wildman–Crippen LogP) is 3.90. The fraction of sp³-hybridized carbons (Fsp3) is 0.636. The molecule has 2 aliphatic rings. The van der Waals surface area contributed by atoms with Crippen molar-refractivity contribution in [2.75, 3.05) is 31.6 Å². The molecule has 2 aliphatic heterocycles. The molecule has 3 rings (SSSR count). The minimum absolute atomic E-state index is 0.204. The monoisotopic (exact) mass is 388 g/mol. The van der Waals surface area contributed by atoms with E-state index < -0.39 is 0 Å². The van der Waals surface area contributed by atoms with Crippen molar-refractivity contribution in [1.29, 1.82) is 0 Å². The molecule has 0 aromatic heterocycles. The molecule has 2 saturated heterocycles. The lowest BCUT2D eigenvalue weighted by Crippen LogP contribution is -2.50. The van der Waals surface area contributed by atoms with Crippen LogP contribution >= 0.6 is 11.8 Å². The van der Waals surface area contributed by atoms with Crippen molar-refractivity contribution in [3.63, 3.8) is 0 Å². The van der Waals surface area contributed by atoms with Gasteiger partial charge in [-0.2, -0.15) is 11.8 Å². The Morgan fingerprint density at radius 1 is 1.19 bits per heavy atom. The summed E-state index contributed by atoms with van der Waals surface area (Å²) in [7, 11) is 0. The van der Waals surface area contributed by atoms with Crippen molar-refractivity contribution in [2.45, 2.75) is 52.0 Å². The molecule has 0 unspecified atom stereocenters. The van der Waals surface area contributed by atoms with Crippen LogP contribution in [0.15, 0.2) is 24.3 Å². The number of hydrogen-bond donors (Lipinski definition) is 0. The van der Waals surface area contributed by atoms with E-state index in [-0.39, 0.29) is 17.2 Å². The highest BCUT2D eigenvalue weighted by atomic mass is 32.2. The number of amides is 2. The minimum atomic E-state index is -0.342. The zero-order chi connectivity index (χ0) is 19.4. The number of nitrogens with zero attached hydrogens (tertiary/aromatic N) is 2. The van der Waals surface area contributed by atoms with E-state index in [1.165, 1.54) is 11.1 Å². The van der Waals surface area contributed by atoms with Gasteiger partial charge in [0.15, 0.2) is 0 Å². The van der Waals surface area contributed by atoms with Crippen LogP contribution in [-0.4, -0.2) is 53.3 Å². The van der Waals surface area contributed by atoms with E-state index in [4.69, 9.17) is 0 Å². The van der Waals surface area contributed by atoms with Crippen LogP contribution in [0.4, 0.5) is 0 Å². The Bertz CT molecular complexity index is 673. The molecule has 0 bridgehead atoms.